The Hall–Kier alpha value is -2.82. The van der Waals surface area contributed by atoms with E-state index in [1.54, 1.807) is 17.2 Å². The van der Waals surface area contributed by atoms with Crippen molar-refractivity contribution >= 4 is 11.7 Å². The molecule has 0 bridgehead atoms. The molecule has 5 nitrogen and oxygen atoms in total. The molecule has 0 N–H and O–H groups in total. The standard InChI is InChI=1S/C23H27NO4/c1-17(11-12-18-8-5-4-6-9-18)24(16-20-10-7-13-27-20)22(26)21-14-19(25)15-23(2,3)28-21/h4-10,13-14,17H,11-12,15-16H2,1-3H3/t17-/m1/s1. The number of carbonyl (C=O) groups excluding carboxylic acids is 2. The van der Waals surface area contributed by atoms with Crippen LogP contribution in [0.3, 0.4) is 0 Å². The number of furan rings is 1. The van der Waals surface area contributed by atoms with Crippen molar-refractivity contribution in [2.45, 2.75) is 58.2 Å². The molecule has 1 atom stereocenters. The lowest BCUT2D eigenvalue weighted by atomic mass is 9.98. The van der Waals surface area contributed by atoms with E-state index in [0.29, 0.717) is 12.3 Å². The second-order valence-electron chi connectivity index (χ2n) is 7.90. The first-order valence-corrected chi connectivity index (χ1v) is 9.65. The second-order valence-corrected chi connectivity index (χ2v) is 7.90. The van der Waals surface area contributed by atoms with Gasteiger partial charge in [0.05, 0.1) is 12.8 Å². The molecule has 0 radical (unpaired) electrons. The van der Waals surface area contributed by atoms with Gasteiger partial charge >= 0.3 is 0 Å². The maximum atomic E-state index is 13.2. The highest BCUT2D eigenvalue weighted by Gasteiger charge is 2.35. The van der Waals surface area contributed by atoms with Crippen LogP contribution in [0.4, 0.5) is 0 Å². The van der Waals surface area contributed by atoms with Gasteiger partial charge in [-0.05, 0) is 51.3 Å². The Labute approximate surface area is 166 Å². The Bertz CT molecular complexity index is 837. The predicted molar refractivity (Wildman–Crippen MR) is 106 cm³/mol. The summed E-state index contributed by atoms with van der Waals surface area (Å²) in [6.07, 6.45) is 4.84. The number of carbonyl (C=O) groups is 2. The van der Waals surface area contributed by atoms with Gasteiger partial charge in [0.2, 0.25) is 0 Å². The third-order valence-electron chi connectivity index (χ3n) is 4.88. The van der Waals surface area contributed by atoms with Crippen LogP contribution in [0.2, 0.25) is 0 Å². The summed E-state index contributed by atoms with van der Waals surface area (Å²) in [5, 5.41) is 0. The summed E-state index contributed by atoms with van der Waals surface area (Å²) in [5.74, 6) is 0.439. The minimum atomic E-state index is -0.680. The SMILES string of the molecule is C[C@H](CCc1ccccc1)N(Cc1ccco1)C(=O)C1=CC(=O)CC(C)(C)O1. The summed E-state index contributed by atoms with van der Waals surface area (Å²) in [6, 6.07) is 13.8. The van der Waals surface area contributed by atoms with Gasteiger partial charge in [-0.15, -0.1) is 0 Å². The first-order chi connectivity index (χ1) is 13.3. The van der Waals surface area contributed by atoms with Gasteiger partial charge in [0, 0.05) is 18.5 Å². The van der Waals surface area contributed by atoms with Gasteiger partial charge in [-0.2, -0.15) is 0 Å². The van der Waals surface area contributed by atoms with Crippen molar-refractivity contribution < 1.29 is 18.7 Å². The number of rotatable bonds is 7. The highest BCUT2D eigenvalue weighted by molar-refractivity contribution is 6.01. The number of allylic oxidation sites excluding steroid dienone is 1. The molecule has 1 aliphatic heterocycles. The van der Waals surface area contributed by atoms with Crippen molar-refractivity contribution in [2.75, 3.05) is 0 Å². The maximum Gasteiger partial charge on any atom is 0.289 e. The van der Waals surface area contributed by atoms with Crippen LogP contribution in [0.25, 0.3) is 0 Å². The van der Waals surface area contributed by atoms with E-state index in [1.807, 2.05) is 45.0 Å². The number of aryl methyl sites for hydroxylation is 1. The molecule has 1 aliphatic rings. The van der Waals surface area contributed by atoms with Gasteiger partial charge in [0.25, 0.3) is 5.91 Å². The molecule has 0 aliphatic carbocycles. The van der Waals surface area contributed by atoms with Crippen LogP contribution in [-0.4, -0.2) is 28.2 Å². The third kappa shape index (κ3) is 5.12. The molecular weight excluding hydrogens is 354 g/mol. The summed E-state index contributed by atoms with van der Waals surface area (Å²) < 4.78 is 11.3. The van der Waals surface area contributed by atoms with Gasteiger partial charge in [-0.1, -0.05) is 30.3 Å². The molecule has 5 heteroatoms. The molecule has 1 aromatic carbocycles. The molecule has 3 rings (SSSR count). The average Bonchev–Trinajstić information content (AvgIpc) is 3.16. The number of benzene rings is 1. The van der Waals surface area contributed by atoms with Crippen molar-refractivity contribution in [1.82, 2.24) is 4.90 Å². The van der Waals surface area contributed by atoms with Crippen molar-refractivity contribution in [3.05, 3.63) is 71.9 Å². The van der Waals surface area contributed by atoms with E-state index in [1.165, 1.54) is 11.6 Å². The Morgan fingerprint density at radius 2 is 1.93 bits per heavy atom. The van der Waals surface area contributed by atoms with Crippen LogP contribution in [0.5, 0.6) is 0 Å². The van der Waals surface area contributed by atoms with Gasteiger partial charge < -0.3 is 14.1 Å². The lowest BCUT2D eigenvalue weighted by molar-refractivity contribution is -0.140. The molecule has 28 heavy (non-hydrogen) atoms. The van der Waals surface area contributed by atoms with Crippen molar-refractivity contribution in [2.24, 2.45) is 0 Å². The van der Waals surface area contributed by atoms with Crippen LogP contribution in [0.15, 0.2) is 65.0 Å². The first kappa shape index (κ1) is 19.9. The van der Waals surface area contributed by atoms with E-state index < -0.39 is 5.60 Å². The number of hydrogen-bond donors (Lipinski definition) is 0. The molecule has 148 valence electrons. The van der Waals surface area contributed by atoms with Gasteiger partial charge in [0.1, 0.15) is 11.4 Å². The fourth-order valence-corrected chi connectivity index (χ4v) is 3.40. The highest BCUT2D eigenvalue weighted by atomic mass is 16.5. The fraction of sp³-hybridized carbons (Fsp3) is 0.391. The molecule has 0 fully saturated rings. The van der Waals surface area contributed by atoms with Crippen LogP contribution in [0.1, 0.15) is 44.9 Å². The van der Waals surface area contributed by atoms with E-state index >= 15 is 0 Å². The Morgan fingerprint density at radius 3 is 2.57 bits per heavy atom. The zero-order chi connectivity index (χ0) is 20.1. The molecular formula is C23H27NO4. The number of ketones is 1. The number of hydrogen-bond acceptors (Lipinski definition) is 4. The monoisotopic (exact) mass is 381 g/mol. The zero-order valence-corrected chi connectivity index (χ0v) is 16.7. The van der Waals surface area contributed by atoms with Gasteiger partial charge in [0.15, 0.2) is 11.5 Å². The second kappa shape index (κ2) is 8.46. The molecule has 0 unspecified atom stereocenters. The highest BCUT2D eigenvalue weighted by Crippen LogP contribution is 2.27. The predicted octanol–water partition coefficient (Wildman–Crippen LogP) is 4.28. The maximum absolute atomic E-state index is 13.2. The van der Waals surface area contributed by atoms with E-state index in [2.05, 4.69) is 12.1 Å². The summed E-state index contributed by atoms with van der Waals surface area (Å²) >= 11 is 0. The quantitative estimate of drug-likeness (QED) is 0.718. The van der Waals surface area contributed by atoms with Crippen LogP contribution < -0.4 is 0 Å². The average molecular weight is 381 g/mol. The van der Waals surface area contributed by atoms with Crippen molar-refractivity contribution in [1.29, 1.82) is 0 Å². The largest absolute Gasteiger partial charge is 0.481 e. The van der Waals surface area contributed by atoms with Crippen LogP contribution in [0, 0.1) is 0 Å². The Morgan fingerprint density at radius 1 is 1.18 bits per heavy atom. The normalized spacial score (nSPS) is 16.8. The third-order valence-corrected chi connectivity index (χ3v) is 4.88. The van der Waals surface area contributed by atoms with Crippen molar-refractivity contribution in [3.63, 3.8) is 0 Å². The first-order valence-electron chi connectivity index (χ1n) is 9.65. The summed E-state index contributed by atoms with van der Waals surface area (Å²) in [4.78, 5) is 27.0. The van der Waals surface area contributed by atoms with Crippen LogP contribution in [-0.2, 0) is 27.3 Å². The number of nitrogens with zero attached hydrogens (tertiary/aromatic N) is 1. The van der Waals surface area contributed by atoms with E-state index in [-0.39, 0.29) is 29.9 Å². The van der Waals surface area contributed by atoms with Gasteiger partial charge in [-0.3, -0.25) is 9.59 Å². The lowest BCUT2D eigenvalue weighted by Gasteiger charge is -2.34. The molecule has 2 heterocycles. The fourth-order valence-electron chi connectivity index (χ4n) is 3.40. The van der Waals surface area contributed by atoms with E-state index in [9.17, 15) is 9.59 Å². The molecule has 0 saturated carbocycles. The van der Waals surface area contributed by atoms with E-state index in [4.69, 9.17) is 9.15 Å². The molecule has 0 saturated heterocycles. The molecule has 0 spiro atoms. The Balaban J connectivity index is 1.78. The molecule has 2 aromatic rings. The molecule has 1 aromatic heterocycles. The van der Waals surface area contributed by atoms with E-state index in [0.717, 1.165) is 12.8 Å². The summed E-state index contributed by atoms with van der Waals surface area (Å²) in [7, 11) is 0. The number of amides is 1. The zero-order valence-electron chi connectivity index (χ0n) is 16.7. The summed E-state index contributed by atoms with van der Waals surface area (Å²) in [5.41, 5.74) is 0.546. The minimum absolute atomic E-state index is 0.0533. The van der Waals surface area contributed by atoms with Gasteiger partial charge in [-0.25, -0.2) is 0 Å². The molecule has 1 amide bonds. The topological polar surface area (TPSA) is 59.8 Å². The summed E-state index contributed by atoms with van der Waals surface area (Å²) in [6.45, 7) is 5.99. The number of ether oxygens (including phenoxy) is 1. The smallest absolute Gasteiger partial charge is 0.289 e. The minimum Gasteiger partial charge on any atom is -0.481 e. The Kier molecular flexibility index (Phi) is 6.02. The van der Waals surface area contributed by atoms with Crippen molar-refractivity contribution in [3.8, 4) is 0 Å². The van der Waals surface area contributed by atoms with Crippen LogP contribution >= 0.6 is 0 Å². The lowest BCUT2D eigenvalue weighted by Crippen LogP contribution is -2.43.